The van der Waals surface area contributed by atoms with E-state index in [0.717, 1.165) is 29.2 Å². The van der Waals surface area contributed by atoms with Crippen molar-refractivity contribution in [3.05, 3.63) is 76.3 Å². The van der Waals surface area contributed by atoms with Crippen LogP contribution in [-0.4, -0.2) is 20.9 Å². The molecular formula is C18H18N4OS. The van der Waals surface area contributed by atoms with Gasteiger partial charge >= 0.3 is 0 Å². The molecule has 3 aromatic heterocycles. The Hall–Kier alpha value is -2.60. The van der Waals surface area contributed by atoms with Crippen molar-refractivity contribution in [1.82, 2.24) is 20.3 Å². The van der Waals surface area contributed by atoms with Gasteiger partial charge < -0.3 is 5.32 Å². The van der Waals surface area contributed by atoms with Gasteiger partial charge in [-0.25, -0.2) is 4.98 Å². The third kappa shape index (κ3) is 4.96. The molecule has 0 aliphatic heterocycles. The van der Waals surface area contributed by atoms with Gasteiger partial charge in [-0.05, 0) is 36.2 Å². The van der Waals surface area contributed by atoms with Crippen LogP contribution in [0.15, 0.2) is 54.3 Å². The molecule has 0 aliphatic carbocycles. The summed E-state index contributed by atoms with van der Waals surface area (Å²) in [6, 6.07) is 9.68. The first-order valence-electron chi connectivity index (χ1n) is 7.78. The quantitative estimate of drug-likeness (QED) is 0.719. The van der Waals surface area contributed by atoms with Crippen molar-refractivity contribution in [1.29, 1.82) is 0 Å². The Balaban J connectivity index is 1.46. The van der Waals surface area contributed by atoms with Crippen LogP contribution in [0.1, 0.15) is 22.0 Å². The molecule has 0 radical (unpaired) electrons. The number of hydrogen-bond donors (Lipinski definition) is 1. The summed E-state index contributed by atoms with van der Waals surface area (Å²) in [5, 5.41) is 5.89. The predicted octanol–water partition coefficient (Wildman–Crippen LogP) is 2.58. The van der Waals surface area contributed by atoms with Crippen LogP contribution in [0.3, 0.4) is 0 Å². The molecular weight excluding hydrogens is 320 g/mol. The van der Waals surface area contributed by atoms with Gasteiger partial charge in [0.25, 0.3) is 0 Å². The molecule has 5 nitrogen and oxygen atoms in total. The van der Waals surface area contributed by atoms with E-state index >= 15 is 0 Å². The van der Waals surface area contributed by atoms with Gasteiger partial charge in [0.2, 0.25) is 5.91 Å². The summed E-state index contributed by atoms with van der Waals surface area (Å²) < 4.78 is 0. The van der Waals surface area contributed by atoms with Gasteiger partial charge in [-0.2, -0.15) is 0 Å². The topological polar surface area (TPSA) is 67.8 Å². The third-order valence-corrected chi connectivity index (χ3v) is 4.47. The van der Waals surface area contributed by atoms with Crippen LogP contribution in [0.2, 0.25) is 0 Å². The summed E-state index contributed by atoms with van der Waals surface area (Å²) in [6.45, 7) is 0.443. The van der Waals surface area contributed by atoms with Gasteiger partial charge in [0.1, 0.15) is 0 Å². The van der Waals surface area contributed by atoms with E-state index < -0.39 is 0 Å². The zero-order valence-corrected chi connectivity index (χ0v) is 14.0. The number of hydrogen-bond acceptors (Lipinski definition) is 5. The second kappa shape index (κ2) is 8.31. The van der Waals surface area contributed by atoms with Crippen LogP contribution in [0.4, 0.5) is 0 Å². The van der Waals surface area contributed by atoms with E-state index in [9.17, 15) is 4.79 Å². The van der Waals surface area contributed by atoms with Gasteiger partial charge in [-0.1, -0.05) is 6.07 Å². The minimum absolute atomic E-state index is 0.0355. The number of nitrogens with one attached hydrogen (secondary N) is 1. The number of nitrogens with zero attached hydrogens (tertiary/aromatic N) is 3. The van der Waals surface area contributed by atoms with E-state index in [2.05, 4.69) is 20.3 Å². The van der Waals surface area contributed by atoms with Crippen LogP contribution in [0.5, 0.6) is 0 Å². The summed E-state index contributed by atoms with van der Waals surface area (Å²) in [6.07, 6.45) is 7.43. The zero-order valence-electron chi connectivity index (χ0n) is 13.2. The Labute approximate surface area is 144 Å². The molecule has 0 saturated heterocycles. The Morgan fingerprint density at radius 3 is 2.71 bits per heavy atom. The summed E-state index contributed by atoms with van der Waals surface area (Å²) in [5.74, 6) is -0.0355. The lowest BCUT2D eigenvalue weighted by atomic mass is 10.1. The van der Waals surface area contributed by atoms with Crippen molar-refractivity contribution in [2.45, 2.75) is 25.8 Å². The maximum Gasteiger partial charge on any atom is 0.226 e. The van der Waals surface area contributed by atoms with Gasteiger partial charge in [0, 0.05) is 30.4 Å². The van der Waals surface area contributed by atoms with E-state index in [1.807, 2.05) is 35.7 Å². The minimum atomic E-state index is -0.0355. The minimum Gasteiger partial charge on any atom is -0.350 e. The van der Waals surface area contributed by atoms with E-state index in [1.165, 1.54) is 5.56 Å². The molecule has 3 rings (SSSR count). The molecule has 1 amide bonds. The normalized spacial score (nSPS) is 10.5. The number of amides is 1. The molecule has 24 heavy (non-hydrogen) atoms. The van der Waals surface area contributed by atoms with Crippen molar-refractivity contribution < 1.29 is 4.79 Å². The molecule has 0 unspecified atom stereocenters. The molecule has 0 fully saturated rings. The number of carbonyl (C=O) groups is 1. The highest BCUT2D eigenvalue weighted by Crippen LogP contribution is 2.13. The van der Waals surface area contributed by atoms with Crippen LogP contribution in [-0.2, 0) is 30.6 Å². The number of carbonyl (C=O) groups excluding carboxylic acids is 1. The Bertz CT molecular complexity index is 774. The van der Waals surface area contributed by atoms with Crippen molar-refractivity contribution >= 4 is 17.2 Å². The first-order chi connectivity index (χ1) is 11.8. The second-order valence-electron chi connectivity index (χ2n) is 5.36. The van der Waals surface area contributed by atoms with E-state index in [-0.39, 0.29) is 5.91 Å². The maximum absolute atomic E-state index is 12.0. The SMILES string of the molecule is O=C(Cc1csc(CCc2ccncc2)n1)NCc1ccccn1. The first-order valence-corrected chi connectivity index (χ1v) is 8.66. The Morgan fingerprint density at radius 2 is 1.92 bits per heavy atom. The smallest absolute Gasteiger partial charge is 0.226 e. The van der Waals surface area contributed by atoms with Gasteiger partial charge in [0.05, 0.1) is 29.4 Å². The molecule has 0 spiro atoms. The molecule has 122 valence electrons. The second-order valence-corrected chi connectivity index (χ2v) is 6.31. The Kier molecular flexibility index (Phi) is 5.63. The van der Waals surface area contributed by atoms with Crippen molar-refractivity contribution in [3.63, 3.8) is 0 Å². The average molecular weight is 338 g/mol. The molecule has 3 heterocycles. The van der Waals surface area contributed by atoms with Gasteiger partial charge in [-0.15, -0.1) is 11.3 Å². The average Bonchev–Trinajstić information content (AvgIpc) is 3.07. The summed E-state index contributed by atoms with van der Waals surface area (Å²) in [7, 11) is 0. The summed E-state index contributed by atoms with van der Waals surface area (Å²) in [5.41, 5.74) is 2.92. The lowest BCUT2D eigenvalue weighted by molar-refractivity contribution is -0.120. The number of aromatic nitrogens is 3. The van der Waals surface area contributed by atoms with E-state index in [0.29, 0.717) is 13.0 Å². The molecule has 0 saturated carbocycles. The molecule has 1 N–H and O–H groups in total. The number of pyridine rings is 2. The lowest BCUT2D eigenvalue weighted by Gasteiger charge is -2.03. The first kappa shape index (κ1) is 16.3. The fourth-order valence-electron chi connectivity index (χ4n) is 2.26. The van der Waals surface area contributed by atoms with Crippen LogP contribution >= 0.6 is 11.3 Å². The third-order valence-electron chi connectivity index (χ3n) is 3.51. The number of aryl methyl sites for hydroxylation is 2. The molecule has 0 aliphatic rings. The van der Waals surface area contributed by atoms with Crippen molar-refractivity contribution in [3.8, 4) is 0 Å². The van der Waals surface area contributed by atoms with Crippen LogP contribution in [0, 0.1) is 0 Å². The van der Waals surface area contributed by atoms with E-state index in [1.54, 1.807) is 29.9 Å². The standard InChI is InChI=1S/C18H18N4OS/c23-17(21-12-15-3-1-2-8-20-15)11-16-13-24-18(22-16)5-4-14-6-9-19-10-7-14/h1-3,6-10,13H,4-5,11-12H2,(H,21,23). The molecule has 0 bridgehead atoms. The molecule has 3 aromatic rings. The summed E-state index contributed by atoms with van der Waals surface area (Å²) in [4.78, 5) is 24.7. The number of thiazole rings is 1. The van der Waals surface area contributed by atoms with Crippen LogP contribution < -0.4 is 5.32 Å². The van der Waals surface area contributed by atoms with Gasteiger partial charge in [-0.3, -0.25) is 14.8 Å². The number of rotatable bonds is 7. The molecule has 0 atom stereocenters. The van der Waals surface area contributed by atoms with Gasteiger partial charge in [0.15, 0.2) is 0 Å². The summed E-state index contributed by atoms with van der Waals surface area (Å²) >= 11 is 1.61. The Morgan fingerprint density at radius 1 is 1.04 bits per heavy atom. The fourth-order valence-corrected chi connectivity index (χ4v) is 3.06. The van der Waals surface area contributed by atoms with Crippen LogP contribution in [0.25, 0.3) is 0 Å². The maximum atomic E-state index is 12.0. The highest BCUT2D eigenvalue weighted by Gasteiger charge is 2.08. The highest BCUT2D eigenvalue weighted by molar-refractivity contribution is 7.09. The predicted molar refractivity (Wildman–Crippen MR) is 93.5 cm³/mol. The largest absolute Gasteiger partial charge is 0.350 e. The van der Waals surface area contributed by atoms with Crippen molar-refractivity contribution in [2.24, 2.45) is 0 Å². The fraction of sp³-hybridized carbons (Fsp3) is 0.222. The highest BCUT2D eigenvalue weighted by atomic mass is 32.1. The lowest BCUT2D eigenvalue weighted by Crippen LogP contribution is -2.25. The molecule has 6 heteroatoms. The monoisotopic (exact) mass is 338 g/mol. The molecule has 0 aromatic carbocycles. The van der Waals surface area contributed by atoms with E-state index in [4.69, 9.17) is 0 Å². The zero-order chi connectivity index (χ0) is 16.6. The van der Waals surface area contributed by atoms with Crippen molar-refractivity contribution in [2.75, 3.05) is 0 Å².